The van der Waals surface area contributed by atoms with Crippen molar-refractivity contribution in [2.45, 2.75) is 51.2 Å². The van der Waals surface area contributed by atoms with E-state index in [2.05, 4.69) is 49.4 Å². The van der Waals surface area contributed by atoms with Crippen LogP contribution in [0.1, 0.15) is 48.8 Å². The molecule has 0 aliphatic carbocycles. The predicted molar refractivity (Wildman–Crippen MR) is 154 cm³/mol. The Morgan fingerprint density at radius 3 is 2.59 bits per heavy atom. The Hall–Kier alpha value is -3.62. The number of pyridine rings is 2. The van der Waals surface area contributed by atoms with Gasteiger partial charge in [0.2, 0.25) is 0 Å². The van der Waals surface area contributed by atoms with Crippen LogP contribution in [-0.2, 0) is 17.8 Å². The Morgan fingerprint density at radius 1 is 0.949 bits per heavy atom. The Balaban J connectivity index is 1.20. The van der Waals surface area contributed by atoms with E-state index in [9.17, 15) is 9.90 Å². The Labute approximate surface area is 229 Å². The number of aromatic nitrogens is 2. The number of carbonyl (C=O) groups excluding carboxylic acids is 1. The molecule has 3 aliphatic heterocycles. The number of aliphatic imine (C=N–C) groups is 1. The summed E-state index contributed by atoms with van der Waals surface area (Å²) in [5, 5.41) is 12.8. The molecule has 0 atom stereocenters. The maximum Gasteiger partial charge on any atom is 0.274 e. The molecule has 8 heteroatoms. The number of nitrogens with zero attached hydrogens (tertiary/aromatic N) is 5. The van der Waals surface area contributed by atoms with Gasteiger partial charge in [0.15, 0.2) is 0 Å². The molecule has 0 unspecified atom stereocenters. The highest BCUT2D eigenvalue weighted by Crippen LogP contribution is 2.27. The molecule has 2 saturated heterocycles. The van der Waals surface area contributed by atoms with Gasteiger partial charge in [0.1, 0.15) is 11.5 Å². The second-order valence-electron chi connectivity index (χ2n) is 10.8. The van der Waals surface area contributed by atoms with Gasteiger partial charge in [-0.2, -0.15) is 0 Å². The van der Waals surface area contributed by atoms with Gasteiger partial charge in [-0.05, 0) is 79.5 Å². The predicted octanol–water partition coefficient (Wildman–Crippen LogP) is 4.07. The van der Waals surface area contributed by atoms with Crippen molar-refractivity contribution in [1.82, 2.24) is 14.9 Å². The number of hydrogen-bond donors (Lipinski definition) is 2. The van der Waals surface area contributed by atoms with E-state index in [1.165, 1.54) is 12.8 Å². The third-order valence-corrected chi connectivity index (χ3v) is 7.98. The number of likely N-dealkylation sites (tertiary alicyclic amines) is 1. The van der Waals surface area contributed by atoms with Crippen molar-refractivity contribution >= 4 is 23.1 Å². The first-order valence-electron chi connectivity index (χ1n) is 14.2. The van der Waals surface area contributed by atoms with E-state index in [1.54, 1.807) is 6.20 Å². The van der Waals surface area contributed by atoms with Crippen LogP contribution in [0.25, 0.3) is 11.1 Å². The number of anilines is 2. The summed E-state index contributed by atoms with van der Waals surface area (Å²) in [6, 6.07) is 12.4. The molecular formula is C31H36N6O2. The highest BCUT2D eigenvalue weighted by molar-refractivity contribution is 6.49. The number of amides is 1. The molecule has 202 valence electrons. The van der Waals surface area contributed by atoms with Crippen molar-refractivity contribution in [2.75, 3.05) is 42.9 Å². The maximum atomic E-state index is 13.5. The van der Waals surface area contributed by atoms with E-state index in [4.69, 9.17) is 4.99 Å². The summed E-state index contributed by atoms with van der Waals surface area (Å²) in [6.45, 7) is 5.31. The van der Waals surface area contributed by atoms with Crippen molar-refractivity contribution in [3.63, 3.8) is 0 Å². The van der Waals surface area contributed by atoms with E-state index < -0.39 is 0 Å². The minimum atomic E-state index is -0.204. The fraction of sp³-hybridized carbons (Fsp3) is 0.419. The number of aliphatic hydroxyl groups excluding tert-OH is 1. The molecule has 8 nitrogen and oxygen atoms in total. The molecule has 2 fully saturated rings. The first-order chi connectivity index (χ1) is 19.1. The summed E-state index contributed by atoms with van der Waals surface area (Å²) < 4.78 is 0. The summed E-state index contributed by atoms with van der Waals surface area (Å²) in [4.78, 5) is 31.9. The van der Waals surface area contributed by atoms with Gasteiger partial charge in [-0.15, -0.1) is 0 Å². The number of carbonyl (C=O) groups is 1. The van der Waals surface area contributed by atoms with Crippen LogP contribution >= 0.6 is 0 Å². The van der Waals surface area contributed by atoms with Gasteiger partial charge >= 0.3 is 0 Å². The van der Waals surface area contributed by atoms with E-state index in [0.29, 0.717) is 17.9 Å². The summed E-state index contributed by atoms with van der Waals surface area (Å²) in [5.41, 5.74) is 6.38. The number of hydrogen-bond acceptors (Lipinski definition) is 7. The second-order valence-corrected chi connectivity index (χ2v) is 10.8. The highest BCUT2D eigenvalue weighted by atomic mass is 16.3. The van der Waals surface area contributed by atoms with E-state index >= 15 is 0 Å². The molecule has 1 aromatic carbocycles. The number of benzene rings is 1. The number of fused-ring (bicyclic) bond motifs is 1. The minimum absolute atomic E-state index is 0.177. The number of aliphatic hydroxyl groups is 1. The Morgan fingerprint density at radius 2 is 1.79 bits per heavy atom. The minimum Gasteiger partial charge on any atom is -0.393 e. The molecule has 5 heterocycles. The summed E-state index contributed by atoms with van der Waals surface area (Å²) in [7, 11) is 0. The van der Waals surface area contributed by atoms with Gasteiger partial charge in [-0.25, -0.2) is 4.98 Å². The molecule has 2 N–H and O–H groups in total. The molecule has 3 aromatic rings. The lowest BCUT2D eigenvalue weighted by Gasteiger charge is -2.29. The van der Waals surface area contributed by atoms with Gasteiger partial charge in [0, 0.05) is 62.8 Å². The van der Waals surface area contributed by atoms with Crippen LogP contribution in [0.2, 0.25) is 0 Å². The molecule has 39 heavy (non-hydrogen) atoms. The summed E-state index contributed by atoms with van der Waals surface area (Å²) in [5.74, 6) is 0.756. The van der Waals surface area contributed by atoms with E-state index in [0.717, 1.165) is 92.0 Å². The third-order valence-electron chi connectivity index (χ3n) is 7.98. The summed E-state index contributed by atoms with van der Waals surface area (Å²) >= 11 is 0. The number of nitrogens with one attached hydrogen (secondary N) is 1. The van der Waals surface area contributed by atoms with Crippen LogP contribution in [0.15, 0.2) is 60.0 Å². The van der Waals surface area contributed by atoms with Crippen molar-refractivity contribution in [1.29, 1.82) is 0 Å². The van der Waals surface area contributed by atoms with Crippen LogP contribution in [-0.4, -0.2) is 70.4 Å². The lowest BCUT2D eigenvalue weighted by Crippen LogP contribution is -2.35. The van der Waals surface area contributed by atoms with Crippen molar-refractivity contribution in [3.05, 3.63) is 71.7 Å². The summed E-state index contributed by atoms with van der Waals surface area (Å²) in [6.07, 6.45) is 11.2. The van der Waals surface area contributed by atoms with Crippen molar-refractivity contribution in [2.24, 2.45) is 4.99 Å². The Kier molecular flexibility index (Phi) is 7.65. The molecule has 2 aromatic heterocycles. The number of aryl methyl sites for hydroxylation is 1. The largest absolute Gasteiger partial charge is 0.393 e. The normalized spacial score (nSPS) is 18.4. The van der Waals surface area contributed by atoms with E-state index in [1.807, 2.05) is 24.5 Å². The quantitative estimate of drug-likeness (QED) is 0.505. The molecule has 0 saturated carbocycles. The second kappa shape index (κ2) is 11.6. The maximum absolute atomic E-state index is 13.5. The SMILES string of the molecule is O=C(Nc1ccc(N2CCCC2)nc1)C1=NCCCc2ccc(-c3cncc(CN4CCC(O)CC4)c3)cc21. The lowest BCUT2D eigenvalue weighted by atomic mass is 9.94. The van der Waals surface area contributed by atoms with Gasteiger partial charge in [0.25, 0.3) is 5.91 Å². The zero-order chi connectivity index (χ0) is 26.6. The van der Waals surface area contributed by atoms with Crippen LogP contribution in [0.3, 0.4) is 0 Å². The smallest absolute Gasteiger partial charge is 0.274 e. The van der Waals surface area contributed by atoms with Crippen LogP contribution < -0.4 is 10.2 Å². The highest BCUT2D eigenvalue weighted by Gasteiger charge is 2.22. The fourth-order valence-corrected chi connectivity index (χ4v) is 5.79. The molecule has 1 amide bonds. The monoisotopic (exact) mass is 524 g/mol. The molecule has 0 radical (unpaired) electrons. The van der Waals surface area contributed by atoms with Gasteiger partial charge in [0.05, 0.1) is 18.0 Å². The number of rotatable bonds is 6. The number of piperidine rings is 1. The Bertz CT molecular complexity index is 1340. The molecule has 0 bridgehead atoms. The van der Waals surface area contributed by atoms with Crippen LogP contribution in [0.5, 0.6) is 0 Å². The molecule has 0 spiro atoms. The van der Waals surface area contributed by atoms with Crippen LogP contribution in [0, 0.1) is 0 Å². The first-order valence-corrected chi connectivity index (χ1v) is 14.2. The zero-order valence-electron chi connectivity index (χ0n) is 22.4. The van der Waals surface area contributed by atoms with Gasteiger partial charge in [-0.1, -0.05) is 12.1 Å². The molecule has 6 rings (SSSR count). The van der Waals surface area contributed by atoms with Crippen molar-refractivity contribution < 1.29 is 9.90 Å². The molecular weight excluding hydrogens is 488 g/mol. The standard InChI is InChI=1S/C31H36N6O2/c38-27-9-14-36(15-10-27)21-22-16-25(19-32-18-22)24-6-5-23-4-3-11-33-30(28(23)17-24)31(39)35-26-7-8-29(34-20-26)37-12-1-2-13-37/h5-8,16-20,27,38H,1-4,9-15,21H2,(H,35,39). The first kappa shape index (κ1) is 25.6. The lowest BCUT2D eigenvalue weighted by molar-refractivity contribution is -0.110. The zero-order valence-corrected chi connectivity index (χ0v) is 22.4. The van der Waals surface area contributed by atoms with Gasteiger partial charge < -0.3 is 15.3 Å². The topological polar surface area (TPSA) is 94.0 Å². The van der Waals surface area contributed by atoms with Crippen LogP contribution in [0.4, 0.5) is 11.5 Å². The van der Waals surface area contributed by atoms with E-state index in [-0.39, 0.29) is 12.0 Å². The van der Waals surface area contributed by atoms with Crippen molar-refractivity contribution in [3.8, 4) is 11.1 Å². The average Bonchev–Trinajstić information content (AvgIpc) is 3.42. The fourth-order valence-electron chi connectivity index (χ4n) is 5.79. The van der Waals surface area contributed by atoms with Gasteiger partial charge in [-0.3, -0.25) is 19.7 Å². The molecule has 3 aliphatic rings. The average molecular weight is 525 g/mol. The third kappa shape index (κ3) is 6.02.